The first-order valence-electron chi connectivity index (χ1n) is 8.31. The van der Waals surface area contributed by atoms with Gasteiger partial charge < -0.3 is 9.64 Å². The van der Waals surface area contributed by atoms with Crippen LogP contribution in [0.25, 0.3) is 0 Å². The minimum atomic E-state index is -0.621. The molecule has 0 N–H and O–H groups in total. The van der Waals surface area contributed by atoms with Crippen molar-refractivity contribution in [3.63, 3.8) is 0 Å². The highest BCUT2D eigenvalue weighted by atomic mass is 19.1. The zero-order valence-electron chi connectivity index (χ0n) is 15.1. The number of nitrogens with zero attached hydrogens (tertiary/aromatic N) is 7. The number of tetrazole rings is 1. The predicted octanol–water partition coefficient (Wildman–Crippen LogP) is 0.157. The summed E-state index contributed by atoms with van der Waals surface area (Å²) in [5, 5.41) is 12.1. The molecule has 0 bridgehead atoms. The highest BCUT2D eigenvalue weighted by molar-refractivity contribution is 5.94. The smallest absolute Gasteiger partial charge is 0.257 e. The van der Waals surface area contributed by atoms with E-state index in [0.29, 0.717) is 38.5 Å². The van der Waals surface area contributed by atoms with E-state index in [4.69, 9.17) is 4.74 Å². The third kappa shape index (κ3) is 3.17. The molecule has 10 heteroatoms. The number of carbonyl (C=O) groups excluding carboxylic acids is 1. The van der Waals surface area contributed by atoms with Crippen molar-refractivity contribution in [2.24, 2.45) is 0 Å². The van der Waals surface area contributed by atoms with Gasteiger partial charge in [-0.1, -0.05) is 0 Å². The summed E-state index contributed by atoms with van der Waals surface area (Å²) in [6, 6.07) is 1.40. The number of ether oxygens (including phenoxy) is 1. The summed E-state index contributed by atoms with van der Waals surface area (Å²) in [5.41, 5.74) is -0.523. The fourth-order valence-electron chi connectivity index (χ4n) is 3.30. The van der Waals surface area contributed by atoms with Gasteiger partial charge in [0.2, 0.25) is 0 Å². The molecule has 1 aliphatic rings. The van der Waals surface area contributed by atoms with Crippen molar-refractivity contribution in [2.45, 2.75) is 18.5 Å². The van der Waals surface area contributed by atoms with E-state index in [1.165, 1.54) is 12.3 Å². The minimum absolute atomic E-state index is 0.0218. The number of rotatable bonds is 6. The molecule has 26 heavy (non-hydrogen) atoms. The van der Waals surface area contributed by atoms with E-state index < -0.39 is 11.4 Å². The highest BCUT2D eigenvalue weighted by Crippen LogP contribution is 2.35. The van der Waals surface area contributed by atoms with Crippen LogP contribution in [0.5, 0.6) is 0 Å². The van der Waals surface area contributed by atoms with E-state index in [1.54, 1.807) is 16.7 Å². The van der Waals surface area contributed by atoms with Crippen molar-refractivity contribution < 1.29 is 13.9 Å². The molecule has 3 rings (SSSR count). The molecule has 1 amide bonds. The highest BCUT2D eigenvalue weighted by Gasteiger charge is 2.47. The Morgan fingerprint density at radius 1 is 1.46 bits per heavy atom. The molecule has 1 atom stereocenters. The molecular weight excluding hydrogens is 341 g/mol. The van der Waals surface area contributed by atoms with Gasteiger partial charge in [-0.05, 0) is 37.0 Å². The molecule has 2 aromatic rings. The molecule has 1 saturated heterocycles. The second kappa shape index (κ2) is 7.42. The standard InChI is InChI=1S/C16H22FN7O2/c1-22(2)16(15-19-20-21-24(15)8-9-26-3)5-7-23(11-16)14(25)12-4-6-18-10-13(12)17/h4,6,10H,5,7-9,11H2,1-3H3. The van der Waals surface area contributed by atoms with Crippen LogP contribution >= 0.6 is 0 Å². The van der Waals surface area contributed by atoms with Crippen LogP contribution in [-0.4, -0.2) is 81.8 Å². The van der Waals surface area contributed by atoms with Crippen molar-refractivity contribution in [1.29, 1.82) is 0 Å². The van der Waals surface area contributed by atoms with Crippen LogP contribution in [0.2, 0.25) is 0 Å². The molecule has 1 fully saturated rings. The fourth-order valence-corrected chi connectivity index (χ4v) is 3.30. The molecule has 0 aromatic carbocycles. The van der Waals surface area contributed by atoms with Gasteiger partial charge in [0.15, 0.2) is 11.6 Å². The molecule has 0 aliphatic carbocycles. The van der Waals surface area contributed by atoms with Crippen LogP contribution in [0.4, 0.5) is 4.39 Å². The number of carbonyl (C=O) groups is 1. The molecule has 0 radical (unpaired) electrons. The molecule has 1 unspecified atom stereocenters. The first kappa shape index (κ1) is 18.3. The lowest BCUT2D eigenvalue weighted by atomic mass is 9.96. The number of likely N-dealkylation sites (tertiary alicyclic amines) is 1. The minimum Gasteiger partial charge on any atom is -0.383 e. The Bertz CT molecular complexity index is 781. The second-order valence-corrected chi connectivity index (χ2v) is 6.48. The van der Waals surface area contributed by atoms with Crippen LogP contribution in [0, 0.1) is 5.82 Å². The third-order valence-corrected chi connectivity index (χ3v) is 4.85. The molecular formula is C16H22FN7O2. The van der Waals surface area contributed by atoms with Gasteiger partial charge in [0.05, 0.1) is 24.9 Å². The normalized spacial score (nSPS) is 20.1. The van der Waals surface area contributed by atoms with Gasteiger partial charge in [-0.2, -0.15) is 0 Å². The van der Waals surface area contributed by atoms with Crippen molar-refractivity contribution >= 4 is 5.91 Å². The summed E-state index contributed by atoms with van der Waals surface area (Å²) in [4.78, 5) is 20.1. The lowest BCUT2D eigenvalue weighted by Crippen LogP contribution is -2.47. The van der Waals surface area contributed by atoms with Gasteiger partial charge in [-0.25, -0.2) is 9.07 Å². The zero-order valence-corrected chi connectivity index (χ0v) is 15.1. The maximum Gasteiger partial charge on any atom is 0.257 e. The fraction of sp³-hybridized carbons (Fsp3) is 0.562. The topological polar surface area (TPSA) is 89.3 Å². The number of likely N-dealkylation sites (N-methyl/N-ethyl adjacent to an activating group) is 1. The van der Waals surface area contributed by atoms with Gasteiger partial charge in [0.25, 0.3) is 5.91 Å². The Morgan fingerprint density at radius 3 is 2.96 bits per heavy atom. The SMILES string of the molecule is COCCn1nnnc1C1(N(C)C)CCN(C(=O)c2ccncc2F)C1. The lowest BCUT2D eigenvalue weighted by molar-refractivity contribution is 0.0732. The molecule has 140 valence electrons. The van der Waals surface area contributed by atoms with Gasteiger partial charge >= 0.3 is 0 Å². The van der Waals surface area contributed by atoms with E-state index in [-0.39, 0.29) is 11.5 Å². The van der Waals surface area contributed by atoms with Crippen LogP contribution in [0.15, 0.2) is 18.5 Å². The number of hydrogen-bond acceptors (Lipinski definition) is 7. The number of methoxy groups -OCH3 is 1. The van der Waals surface area contributed by atoms with Crippen molar-refractivity contribution in [2.75, 3.05) is 40.9 Å². The first-order valence-corrected chi connectivity index (χ1v) is 8.31. The first-order chi connectivity index (χ1) is 12.5. The average Bonchev–Trinajstić information content (AvgIpc) is 3.27. The van der Waals surface area contributed by atoms with Gasteiger partial charge in [0.1, 0.15) is 5.54 Å². The maximum atomic E-state index is 14.0. The van der Waals surface area contributed by atoms with E-state index in [1.807, 2.05) is 19.0 Å². The summed E-state index contributed by atoms with van der Waals surface area (Å²) in [7, 11) is 5.47. The third-order valence-electron chi connectivity index (χ3n) is 4.85. The van der Waals surface area contributed by atoms with Crippen LogP contribution < -0.4 is 0 Å². The van der Waals surface area contributed by atoms with Gasteiger partial charge in [-0.3, -0.25) is 14.7 Å². The van der Waals surface area contributed by atoms with Gasteiger partial charge in [0, 0.05) is 26.4 Å². The number of hydrogen-bond donors (Lipinski definition) is 0. The van der Waals surface area contributed by atoms with E-state index >= 15 is 0 Å². The zero-order chi connectivity index (χ0) is 18.7. The van der Waals surface area contributed by atoms with Gasteiger partial charge in [-0.15, -0.1) is 5.10 Å². The molecule has 0 saturated carbocycles. The van der Waals surface area contributed by atoms with Crippen LogP contribution in [0.1, 0.15) is 22.6 Å². The maximum absolute atomic E-state index is 14.0. The number of amides is 1. The molecule has 2 aromatic heterocycles. The Morgan fingerprint density at radius 2 is 2.27 bits per heavy atom. The molecule has 9 nitrogen and oxygen atoms in total. The summed E-state index contributed by atoms with van der Waals surface area (Å²) in [6.07, 6.45) is 3.11. The van der Waals surface area contributed by atoms with Crippen molar-refractivity contribution in [3.05, 3.63) is 35.7 Å². The molecule has 0 spiro atoms. The Kier molecular flexibility index (Phi) is 5.23. The number of aromatic nitrogens is 5. The summed E-state index contributed by atoms with van der Waals surface area (Å²) >= 11 is 0. The average molecular weight is 363 g/mol. The lowest BCUT2D eigenvalue weighted by Gasteiger charge is -2.34. The van der Waals surface area contributed by atoms with E-state index in [2.05, 4.69) is 20.5 Å². The second-order valence-electron chi connectivity index (χ2n) is 6.48. The largest absolute Gasteiger partial charge is 0.383 e. The Labute approximate surface area is 150 Å². The Balaban J connectivity index is 1.88. The van der Waals surface area contributed by atoms with Crippen LogP contribution in [0.3, 0.4) is 0 Å². The molecule has 1 aliphatic heterocycles. The monoisotopic (exact) mass is 363 g/mol. The quantitative estimate of drug-likeness (QED) is 0.722. The predicted molar refractivity (Wildman–Crippen MR) is 89.8 cm³/mol. The van der Waals surface area contributed by atoms with Crippen molar-refractivity contribution in [1.82, 2.24) is 35.0 Å². The van der Waals surface area contributed by atoms with Crippen molar-refractivity contribution in [3.8, 4) is 0 Å². The number of pyridine rings is 1. The van der Waals surface area contributed by atoms with E-state index in [0.717, 1.165) is 6.20 Å². The van der Waals surface area contributed by atoms with E-state index in [9.17, 15) is 9.18 Å². The summed E-state index contributed by atoms with van der Waals surface area (Å²) in [6.45, 7) is 1.84. The number of halogens is 1. The van der Waals surface area contributed by atoms with Crippen LogP contribution in [-0.2, 0) is 16.8 Å². The molecule has 3 heterocycles. The Hall–Kier alpha value is -2.46. The summed E-state index contributed by atoms with van der Waals surface area (Å²) in [5.74, 6) is -0.306. The summed E-state index contributed by atoms with van der Waals surface area (Å²) < 4.78 is 20.8.